The molecule has 1 heterocycles. The molecule has 0 aromatic heterocycles. The van der Waals surface area contributed by atoms with Crippen LogP contribution in [0.15, 0.2) is 24.3 Å². The third-order valence-electron chi connectivity index (χ3n) is 2.56. The first-order valence-corrected chi connectivity index (χ1v) is 5.71. The van der Waals surface area contributed by atoms with Gasteiger partial charge in [0.25, 0.3) is 0 Å². The van der Waals surface area contributed by atoms with Gasteiger partial charge in [-0.3, -0.25) is 0 Å². The summed E-state index contributed by atoms with van der Waals surface area (Å²) in [4.78, 5) is 0. The summed E-state index contributed by atoms with van der Waals surface area (Å²) in [5.74, 6) is 1.25. The van der Waals surface area contributed by atoms with E-state index < -0.39 is 0 Å². The highest BCUT2D eigenvalue weighted by Gasteiger charge is 2.31. The monoisotopic (exact) mass is 193 g/mol. The maximum Gasteiger partial charge on any atom is 0.0459 e. The van der Waals surface area contributed by atoms with Gasteiger partial charge in [0.2, 0.25) is 0 Å². The van der Waals surface area contributed by atoms with Crippen LogP contribution >= 0.6 is 11.8 Å². The number of thioether (sulfide) groups is 1. The van der Waals surface area contributed by atoms with E-state index in [0.717, 1.165) is 0 Å². The van der Waals surface area contributed by atoms with E-state index in [-0.39, 0.29) is 0 Å². The normalized spacial score (nSPS) is 26.9. The van der Waals surface area contributed by atoms with Crippen LogP contribution in [0.2, 0.25) is 0 Å². The topological polar surface area (TPSA) is 12.0 Å². The molecular formula is C11H15NS. The van der Waals surface area contributed by atoms with Crippen molar-refractivity contribution in [1.29, 1.82) is 0 Å². The Hall–Kier alpha value is -0.470. The van der Waals surface area contributed by atoms with E-state index in [9.17, 15) is 0 Å². The Balaban J connectivity index is 2.16. The predicted octanol–water partition coefficient (Wildman–Crippen LogP) is 2.37. The molecule has 0 saturated carbocycles. The summed E-state index contributed by atoms with van der Waals surface area (Å²) in [6.07, 6.45) is 0. The molecule has 2 rings (SSSR count). The molecule has 0 bridgehead atoms. The van der Waals surface area contributed by atoms with Gasteiger partial charge < -0.3 is 5.32 Å². The highest BCUT2D eigenvalue weighted by molar-refractivity contribution is 8.01. The first-order chi connectivity index (χ1) is 6.31. The first kappa shape index (κ1) is 9.10. The van der Waals surface area contributed by atoms with Crippen molar-refractivity contribution in [3.05, 3.63) is 35.4 Å². The van der Waals surface area contributed by atoms with Crippen LogP contribution in [0.4, 0.5) is 0 Å². The SMILES string of the molecule is CNC1CSC1c1cccc(C)c1. The van der Waals surface area contributed by atoms with Crippen LogP contribution in [0.25, 0.3) is 0 Å². The van der Waals surface area contributed by atoms with Gasteiger partial charge in [-0.05, 0) is 19.5 Å². The summed E-state index contributed by atoms with van der Waals surface area (Å²) in [7, 11) is 2.05. The summed E-state index contributed by atoms with van der Waals surface area (Å²) in [6, 6.07) is 9.50. The number of nitrogens with one attached hydrogen (secondary N) is 1. The smallest absolute Gasteiger partial charge is 0.0459 e. The quantitative estimate of drug-likeness (QED) is 0.774. The van der Waals surface area contributed by atoms with E-state index in [1.165, 1.54) is 16.9 Å². The second kappa shape index (κ2) is 3.72. The molecule has 0 aliphatic carbocycles. The Bertz CT molecular complexity index is 296. The lowest BCUT2D eigenvalue weighted by Crippen LogP contribution is -2.40. The van der Waals surface area contributed by atoms with Crippen molar-refractivity contribution < 1.29 is 0 Å². The van der Waals surface area contributed by atoms with Crippen LogP contribution in [0, 0.1) is 6.92 Å². The van der Waals surface area contributed by atoms with Crippen LogP contribution < -0.4 is 5.32 Å². The molecule has 1 aromatic rings. The van der Waals surface area contributed by atoms with Gasteiger partial charge in [0, 0.05) is 17.0 Å². The van der Waals surface area contributed by atoms with Crippen LogP contribution in [0.3, 0.4) is 0 Å². The summed E-state index contributed by atoms with van der Waals surface area (Å²) in [6.45, 7) is 2.15. The summed E-state index contributed by atoms with van der Waals surface area (Å²) < 4.78 is 0. The Morgan fingerprint density at radius 2 is 2.31 bits per heavy atom. The maximum absolute atomic E-state index is 3.35. The molecular weight excluding hydrogens is 178 g/mol. The lowest BCUT2D eigenvalue weighted by atomic mass is 10.0. The highest BCUT2D eigenvalue weighted by Crippen LogP contribution is 2.42. The molecule has 13 heavy (non-hydrogen) atoms. The molecule has 70 valence electrons. The van der Waals surface area contributed by atoms with E-state index in [1.807, 2.05) is 18.8 Å². The van der Waals surface area contributed by atoms with Crippen molar-refractivity contribution in [3.63, 3.8) is 0 Å². The zero-order valence-electron chi connectivity index (χ0n) is 8.08. The minimum Gasteiger partial charge on any atom is -0.315 e. The van der Waals surface area contributed by atoms with Crippen LogP contribution in [0.5, 0.6) is 0 Å². The van der Waals surface area contributed by atoms with E-state index in [1.54, 1.807) is 0 Å². The predicted molar refractivity (Wildman–Crippen MR) is 59.2 cm³/mol. The molecule has 1 fully saturated rings. The molecule has 2 unspecified atom stereocenters. The van der Waals surface area contributed by atoms with E-state index in [0.29, 0.717) is 11.3 Å². The molecule has 2 atom stereocenters. The van der Waals surface area contributed by atoms with Crippen molar-refractivity contribution >= 4 is 11.8 Å². The molecule has 0 amide bonds. The van der Waals surface area contributed by atoms with Gasteiger partial charge in [0.15, 0.2) is 0 Å². The molecule has 2 heteroatoms. The maximum atomic E-state index is 3.35. The molecule has 1 aromatic carbocycles. The lowest BCUT2D eigenvalue weighted by molar-refractivity contribution is 0.573. The van der Waals surface area contributed by atoms with Crippen LogP contribution in [-0.2, 0) is 0 Å². The number of aryl methyl sites for hydroxylation is 1. The molecule has 0 radical (unpaired) electrons. The molecule has 1 N–H and O–H groups in total. The second-order valence-electron chi connectivity index (χ2n) is 3.56. The van der Waals surface area contributed by atoms with Gasteiger partial charge in [-0.2, -0.15) is 11.8 Å². The fourth-order valence-corrected chi connectivity index (χ4v) is 2.92. The zero-order chi connectivity index (χ0) is 9.26. The van der Waals surface area contributed by atoms with Gasteiger partial charge in [0.05, 0.1) is 0 Å². The Labute approximate surface area is 83.9 Å². The lowest BCUT2D eigenvalue weighted by Gasteiger charge is -2.36. The van der Waals surface area contributed by atoms with Crippen LogP contribution in [-0.4, -0.2) is 18.8 Å². The van der Waals surface area contributed by atoms with Crippen molar-refractivity contribution in [1.82, 2.24) is 5.32 Å². The molecule has 0 spiro atoms. The number of benzene rings is 1. The van der Waals surface area contributed by atoms with Gasteiger partial charge in [-0.25, -0.2) is 0 Å². The van der Waals surface area contributed by atoms with E-state index in [4.69, 9.17) is 0 Å². The number of rotatable bonds is 2. The molecule has 1 nitrogen and oxygen atoms in total. The van der Waals surface area contributed by atoms with Gasteiger partial charge in [0.1, 0.15) is 0 Å². The summed E-state index contributed by atoms with van der Waals surface area (Å²) >= 11 is 2.04. The standard InChI is InChI=1S/C11H15NS/c1-8-4-3-5-9(6-8)11-10(12-2)7-13-11/h3-6,10-12H,7H2,1-2H3. The van der Waals surface area contributed by atoms with Gasteiger partial charge in [-0.15, -0.1) is 0 Å². The molecule has 1 saturated heterocycles. The summed E-state index contributed by atoms with van der Waals surface area (Å²) in [5.41, 5.74) is 2.83. The van der Waals surface area contributed by atoms with Gasteiger partial charge >= 0.3 is 0 Å². The Morgan fingerprint density at radius 3 is 2.85 bits per heavy atom. The van der Waals surface area contributed by atoms with Crippen molar-refractivity contribution in [3.8, 4) is 0 Å². The fraction of sp³-hybridized carbons (Fsp3) is 0.455. The fourth-order valence-electron chi connectivity index (χ4n) is 1.70. The second-order valence-corrected chi connectivity index (χ2v) is 4.74. The molecule has 1 aliphatic heterocycles. The highest BCUT2D eigenvalue weighted by atomic mass is 32.2. The average molecular weight is 193 g/mol. The summed E-state index contributed by atoms with van der Waals surface area (Å²) in [5, 5.41) is 4.02. The largest absolute Gasteiger partial charge is 0.315 e. The Kier molecular flexibility index (Phi) is 2.61. The van der Waals surface area contributed by atoms with Crippen molar-refractivity contribution in [2.45, 2.75) is 18.2 Å². The third-order valence-corrected chi connectivity index (χ3v) is 4.07. The number of likely N-dealkylation sites (N-methyl/N-ethyl adjacent to an activating group) is 1. The average Bonchev–Trinajstić information content (AvgIpc) is 2.03. The molecule has 1 aliphatic rings. The third kappa shape index (κ3) is 1.74. The van der Waals surface area contributed by atoms with Crippen LogP contribution in [0.1, 0.15) is 16.4 Å². The van der Waals surface area contributed by atoms with Crippen molar-refractivity contribution in [2.24, 2.45) is 0 Å². The first-order valence-electron chi connectivity index (χ1n) is 4.66. The minimum atomic E-state index is 0.671. The Morgan fingerprint density at radius 1 is 1.46 bits per heavy atom. The van der Waals surface area contributed by atoms with Gasteiger partial charge in [-0.1, -0.05) is 29.8 Å². The van der Waals surface area contributed by atoms with E-state index in [2.05, 4.69) is 36.5 Å². The zero-order valence-corrected chi connectivity index (χ0v) is 8.90. The number of hydrogen-bond donors (Lipinski definition) is 1. The minimum absolute atomic E-state index is 0.671. The van der Waals surface area contributed by atoms with Crippen molar-refractivity contribution in [2.75, 3.05) is 12.8 Å². The number of hydrogen-bond acceptors (Lipinski definition) is 2. The van der Waals surface area contributed by atoms with E-state index >= 15 is 0 Å².